The van der Waals surface area contributed by atoms with Crippen LogP contribution in [0.15, 0.2) is 29.6 Å². The highest BCUT2D eigenvalue weighted by molar-refractivity contribution is 7.10. The van der Waals surface area contributed by atoms with Crippen molar-refractivity contribution in [1.29, 1.82) is 0 Å². The van der Waals surface area contributed by atoms with Gasteiger partial charge in [0.05, 0.1) is 11.7 Å². The van der Waals surface area contributed by atoms with Crippen LogP contribution in [0, 0.1) is 0 Å². The Bertz CT molecular complexity index is 597. The molecule has 1 aromatic carbocycles. The summed E-state index contributed by atoms with van der Waals surface area (Å²) in [5, 5.41) is 6.36. The summed E-state index contributed by atoms with van der Waals surface area (Å²) in [5.41, 5.74) is 1.30. The van der Waals surface area contributed by atoms with Gasteiger partial charge in [-0.2, -0.15) is 8.78 Å². The number of nitrogens with one attached hydrogen (secondary N) is 1. The number of nitrogens with zero attached hydrogens (tertiary/aromatic N) is 1. The minimum atomic E-state index is -2.83. The van der Waals surface area contributed by atoms with Crippen LogP contribution in [0.1, 0.15) is 30.3 Å². The normalized spacial score (nSPS) is 18.9. The van der Waals surface area contributed by atoms with E-state index in [2.05, 4.69) is 15.0 Å². The smallest absolute Gasteiger partial charge is 0.387 e. The maximum atomic E-state index is 12.5. The summed E-state index contributed by atoms with van der Waals surface area (Å²) in [4.78, 5) is 4.60. The van der Waals surface area contributed by atoms with E-state index in [0.29, 0.717) is 11.3 Å². The van der Waals surface area contributed by atoms with E-state index < -0.39 is 6.61 Å². The highest BCUT2D eigenvalue weighted by Gasteiger charge is 2.19. The second-order valence-corrected chi connectivity index (χ2v) is 5.84. The van der Waals surface area contributed by atoms with Gasteiger partial charge in [-0.3, -0.25) is 0 Å². The Kier molecular flexibility index (Phi) is 4.45. The van der Waals surface area contributed by atoms with E-state index in [1.807, 2.05) is 5.38 Å². The molecule has 0 saturated carbocycles. The maximum absolute atomic E-state index is 12.5. The number of alkyl halides is 2. The lowest BCUT2D eigenvalue weighted by Crippen LogP contribution is -2.26. The van der Waals surface area contributed by atoms with Crippen LogP contribution in [0.2, 0.25) is 0 Å². The van der Waals surface area contributed by atoms with Gasteiger partial charge in [-0.1, -0.05) is 18.6 Å². The van der Waals surface area contributed by atoms with Crippen molar-refractivity contribution < 1.29 is 13.5 Å². The van der Waals surface area contributed by atoms with Crippen molar-refractivity contribution >= 4 is 11.3 Å². The third kappa shape index (κ3) is 3.39. The molecule has 1 unspecified atom stereocenters. The fourth-order valence-electron chi connectivity index (χ4n) is 2.51. The van der Waals surface area contributed by atoms with Crippen LogP contribution in [0.4, 0.5) is 8.78 Å². The predicted octanol–water partition coefficient (Wildman–Crippen LogP) is 4.23. The Morgan fingerprint density at radius 2 is 2.14 bits per heavy atom. The molecule has 1 fully saturated rings. The van der Waals surface area contributed by atoms with Crippen LogP contribution >= 0.6 is 11.3 Å². The maximum Gasteiger partial charge on any atom is 0.387 e. The summed E-state index contributed by atoms with van der Waals surface area (Å²) in [6.07, 6.45) is 3.46. The Morgan fingerprint density at radius 3 is 2.90 bits per heavy atom. The third-order valence-corrected chi connectivity index (χ3v) is 4.47. The van der Waals surface area contributed by atoms with Gasteiger partial charge in [-0.15, -0.1) is 11.3 Å². The second kappa shape index (κ2) is 6.49. The van der Waals surface area contributed by atoms with Gasteiger partial charge in [0.25, 0.3) is 0 Å². The molecule has 1 saturated heterocycles. The van der Waals surface area contributed by atoms with Gasteiger partial charge in [0.1, 0.15) is 10.8 Å². The lowest BCUT2D eigenvalue weighted by Gasteiger charge is -2.21. The summed E-state index contributed by atoms with van der Waals surface area (Å²) in [5.74, 6) is 0.168. The van der Waals surface area contributed by atoms with Crippen molar-refractivity contribution in [3.8, 4) is 17.0 Å². The quantitative estimate of drug-likeness (QED) is 0.918. The van der Waals surface area contributed by atoms with Gasteiger partial charge in [-0.05, 0) is 31.5 Å². The molecule has 0 radical (unpaired) electrons. The second-order valence-electron chi connectivity index (χ2n) is 4.95. The van der Waals surface area contributed by atoms with Gasteiger partial charge in [0, 0.05) is 10.9 Å². The number of benzene rings is 1. The molecule has 112 valence electrons. The number of piperidine rings is 1. The van der Waals surface area contributed by atoms with Crippen molar-refractivity contribution in [1.82, 2.24) is 10.3 Å². The number of aromatic nitrogens is 1. The monoisotopic (exact) mass is 310 g/mol. The van der Waals surface area contributed by atoms with Crippen LogP contribution < -0.4 is 10.1 Å². The first-order valence-corrected chi connectivity index (χ1v) is 7.85. The molecule has 6 heteroatoms. The van der Waals surface area contributed by atoms with Gasteiger partial charge in [-0.25, -0.2) is 4.98 Å². The summed E-state index contributed by atoms with van der Waals surface area (Å²) >= 11 is 1.56. The predicted molar refractivity (Wildman–Crippen MR) is 78.8 cm³/mol. The third-order valence-electron chi connectivity index (χ3n) is 3.51. The highest BCUT2D eigenvalue weighted by Crippen LogP contribution is 2.34. The molecule has 1 aliphatic rings. The first kappa shape index (κ1) is 14.4. The number of para-hydroxylation sites is 1. The molecule has 0 aliphatic carbocycles. The summed E-state index contributed by atoms with van der Waals surface area (Å²) in [6.45, 7) is -1.82. The fraction of sp³-hybridized carbons (Fsp3) is 0.400. The SMILES string of the molecule is FC(F)Oc1ccccc1-c1csc(C2CCCCN2)n1. The average Bonchev–Trinajstić information content (AvgIpc) is 2.98. The highest BCUT2D eigenvalue weighted by atomic mass is 32.1. The Balaban J connectivity index is 1.85. The standard InChI is InChI=1S/C15H16F2N2OS/c16-15(17)20-13-7-2-1-5-10(13)12-9-21-14(19-12)11-6-3-4-8-18-11/h1-2,5,7,9,11,15,18H,3-4,6,8H2. The van der Waals surface area contributed by atoms with Gasteiger partial charge in [0.2, 0.25) is 0 Å². The zero-order chi connectivity index (χ0) is 14.7. The Morgan fingerprint density at radius 1 is 1.29 bits per heavy atom. The molecule has 3 nitrogen and oxygen atoms in total. The number of thiazole rings is 1. The van der Waals surface area contributed by atoms with Crippen LogP contribution in [0.3, 0.4) is 0 Å². The van der Waals surface area contributed by atoms with Crippen LogP contribution in [-0.2, 0) is 0 Å². The van der Waals surface area contributed by atoms with Crippen molar-refractivity contribution in [3.05, 3.63) is 34.7 Å². The van der Waals surface area contributed by atoms with E-state index in [0.717, 1.165) is 18.0 Å². The van der Waals surface area contributed by atoms with E-state index in [-0.39, 0.29) is 11.8 Å². The fourth-order valence-corrected chi connectivity index (χ4v) is 3.44. The molecule has 0 bridgehead atoms. The average molecular weight is 310 g/mol. The van der Waals surface area contributed by atoms with Crippen molar-refractivity contribution in [3.63, 3.8) is 0 Å². The molecule has 3 rings (SSSR count). The summed E-state index contributed by atoms with van der Waals surface area (Å²) < 4.78 is 29.5. The van der Waals surface area contributed by atoms with E-state index in [1.54, 1.807) is 35.6 Å². The van der Waals surface area contributed by atoms with Crippen LogP contribution in [0.5, 0.6) is 5.75 Å². The summed E-state index contributed by atoms with van der Waals surface area (Å²) in [7, 11) is 0. The Labute approximate surface area is 126 Å². The van der Waals surface area contributed by atoms with Crippen molar-refractivity contribution in [2.45, 2.75) is 31.9 Å². The molecule has 1 atom stereocenters. The van der Waals surface area contributed by atoms with Gasteiger partial charge >= 0.3 is 6.61 Å². The molecule has 0 spiro atoms. The first-order valence-electron chi connectivity index (χ1n) is 6.97. The number of hydrogen-bond acceptors (Lipinski definition) is 4. The molecular formula is C15H16F2N2OS. The molecule has 1 aliphatic heterocycles. The van der Waals surface area contributed by atoms with Crippen molar-refractivity contribution in [2.24, 2.45) is 0 Å². The topological polar surface area (TPSA) is 34.1 Å². The van der Waals surface area contributed by atoms with E-state index >= 15 is 0 Å². The Hall–Kier alpha value is -1.53. The number of hydrogen-bond donors (Lipinski definition) is 1. The van der Waals surface area contributed by atoms with Gasteiger partial charge < -0.3 is 10.1 Å². The largest absolute Gasteiger partial charge is 0.434 e. The van der Waals surface area contributed by atoms with E-state index in [4.69, 9.17) is 0 Å². The molecule has 21 heavy (non-hydrogen) atoms. The zero-order valence-corrected chi connectivity index (χ0v) is 12.2. The number of rotatable bonds is 4. The molecule has 0 amide bonds. The minimum Gasteiger partial charge on any atom is -0.434 e. The van der Waals surface area contributed by atoms with Crippen LogP contribution in [0.25, 0.3) is 11.3 Å². The minimum absolute atomic E-state index is 0.168. The lowest BCUT2D eigenvalue weighted by atomic mass is 10.1. The van der Waals surface area contributed by atoms with E-state index in [1.165, 1.54) is 12.8 Å². The number of ether oxygens (including phenoxy) is 1. The molecule has 1 N–H and O–H groups in total. The van der Waals surface area contributed by atoms with Gasteiger partial charge in [0.15, 0.2) is 0 Å². The van der Waals surface area contributed by atoms with Crippen LogP contribution in [-0.4, -0.2) is 18.1 Å². The molecule has 2 heterocycles. The lowest BCUT2D eigenvalue weighted by molar-refractivity contribution is -0.0494. The van der Waals surface area contributed by atoms with Crippen molar-refractivity contribution in [2.75, 3.05) is 6.54 Å². The molecule has 2 aromatic rings. The first-order chi connectivity index (χ1) is 10.2. The molecular weight excluding hydrogens is 294 g/mol. The zero-order valence-electron chi connectivity index (χ0n) is 11.4. The number of halogens is 2. The summed E-state index contributed by atoms with van der Waals surface area (Å²) in [6, 6.07) is 7.05. The molecule has 1 aromatic heterocycles. The van der Waals surface area contributed by atoms with E-state index in [9.17, 15) is 8.78 Å².